The van der Waals surface area contributed by atoms with Crippen LogP contribution in [-0.2, 0) is 16.0 Å². The number of amidine groups is 1. The minimum atomic E-state index is -0.455. The number of nitrogens with two attached hydrogens (primary N) is 1. The van der Waals surface area contributed by atoms with E-state index in [2.05, 4.69) is 10.1 Å². The van der Waals surface area contributed by atoms with E-state index < -0.39 is 5.97 Å². The van der Waals surface area contributed by atoms with Gasteiger partial charge in [-0.05, 0) is 31.9 Å². The second-order valence-corrected chi connectivity index (χ2v) is 5.79. The second-order valence-electron chi connectivity index (χ2n) is 5.79. The predicted octanol–water partition coefficient (Wildman–Crippen LogP) is 2.52. The van der Waals surface area contributed by atoms with Gasteiger partial charge < -0.3 is 20.3 Å². The standard InChI is InChI=1S/C19H23N3O4/c1-4-25-19(24)17-12(2)18(21-13(17)3)15(23)11-26-22-16(20)10-14-8-6-5-7-9-14/h5-9,21H,4,10-11H2,1-3H3,(H2,20,22). The number of ether oxygens (including phenoxy) is 1. The van der Waals surface area contributed by atoms with Gasteiger partial charge in [-0.1, -0.05) is 35.5 Å². The summed E-state index contributed by atoms with van der Waals surface area (Å²) < 4.78 is 5.01. The molecule has 0 unspecified atom stereocenters. The summed E-state index contributed by atoms with van der Waals surface area (Å²) in [4.78, 5) is 32.3. The number of aromatic nitrogens is 1. The number of aromatic amines is 1. The van der Waals surface area contributed by atoms with Crippen molar-refractivity contribution >= 4 is 17.6 Å². The lowest BCUT2D eigenvalue weighted by Gasteiger charge is -2.03. The molecule has 0 saturated heterocycles. The van der Waals surface area contributed by atoms with E-state index in [0.717, 1.165) is 5.56 Å². The Morgan fingerprint density at radius 1 is 1.19 bits per heavy atom. The van der Waals surface area contributed by atoms with Gasteiger partial charge in [0.25, 0.3) is 0 Å². The molecule has 138 valence electrons. The summed E-state index contributed by atoms with van der Waals surface area (Å²) >= 11 is 0. The monoisotopic (exact) mass is 357 g/mol. The van der Waals surface area contributed by atoms with Gasteiger partial charge in [-0.3, -0.25) is 4.79 Å². The van der Waals surface area contributed by atoms with Gasteiger partial charge in [-0.25, -0.2) is 4.79 Å². The van der Waals surface area contributed by atoms with Crippen LogP contribution in [0.5, 0.6) is 0 Å². The molecule has 0 radical (unpaired) electrons. The van der Waals surface area contributed by atoms with Gasteiger partial charge in [0.05, 0.1) is 17.9 Å². The molecule has 0 amide bonds. The van der Waals surface area contributed by atoms with Gasteiger partial charge in [-0.2, -0.15) is 0 Å². The topological polar surface area (TPSA) is 107 Å². The molecule has 0 spiro atoms. The molecule has 0 saturated carbocycles. The Bertz CT molecular complexity index is 810. The van der Waals surface area contributed by atoms with Crippen molar-refractivity contribution in [1.82, 2.24) is 4.98 Å². The molecule has 0 aliphatic heterocycles. The number of nitrogens with one attached hydrogen (secondary N) is 1. The van der Waals surface area contributed by atoms with Crippen LogP contribution in [0.3, 0.4) is 0 Å². The summed E-state index contributed by atoms with van der Waals surface area (Å²) in [5.41, 5.74) is 8.61. The van der Waals surface area contributed by atoms with E-state index in [1.54, 1.807) is 20.8 Å². The van der Waals surface area contributed by atoms with Crippen molar-refractivity contribution in [2.24, 2.45) is 10.9 Å². The lowest BCUT2D eigenvalue weighted by atomic mass is 10.1. The van der Waals surface area contributed by atoms with Gasteiger partial charge >= 0.3 is 5.97 Å². The van der Waals surface area contributed by atoms with Crippen molar-refractivity contribution in [3.63, 3.8) is 0 Å². The Kier molecular flexibility index (Phi) is 6.54. The van der Waals surface area contributed by atoms with Crippen LogP contribution in [0, 0.1) is 13.8 Å². The number of benzene rings is 1. The van der Waals surface area contributed by atoms with Crippen LogP contribution >= 0.6 is 0 Å². The molecule has 0 aliphatic carbocycles. The number of hydrogen-bond donors (Lipinski definition) is 2. The largest absolute Gasteiger partial charge is 0.462 e. The first-order valence-corrected chi connectivity index (χ1v) is 8.31. The SMILES string of the molecule is CCOC(=O)c1c(C)[nH]c(C(=O)CO/N=C(/N)Cc2ccccc2)c1C. The maximum Gasteiger partial charge on any atom is 0.340 e. The zero-order valence-corrected chi connectivity index (χ0v) is 15.2. The van der Waals surface area contributed by atoms with Gasteiger partial charge in [-0.15, -0.1) is 0 Å². The van der Waals surface area contributed by atoms with Gasteiger partial charge in [0.15, 0.2) is 6.61 Å². The first kappa shape index (κ1) is 19.2. The van der Waals surface area contributed by atoms with E-state index >= 15 is 0 Å². The highest BCUT2D eigenvalue weighted by molar-refractivity contribution is 6.02. The molecule has 3 N–H and O–H groups in total. The number of hydrogen-bond acceptors (Lipinski definition) is 5. The molecular weight excluding hydrogens is 334 g/mol. The molecule has 7 nitrogen and oxygen atoms in total. The third-order valence-electron chi connectivity index (χ3n) is 3.80. The molecule has 2 rings (SSSR count). The third-order valence-corrected chi connectivity index (χ3v) is 3.80. The van der Waals surface area contributed by atoms with Crippen molar-refractivity contribution in [2.45, 2.75) is 27.2 Å². The average molecular weight is 357 g/mol. The van der Waals surface area contributed by atoms with Crippen LogP contribution in [-0.4, -0.2) is 35.8 Å². The molecule has 0 aliphatic rings. The molecule has 7 heteroatoms. The normalized spacial score (nSPS) is 11.3. The minimum absolute atomic E-state index is 0.269. The van der Waals surface area contributed by atoms with Crippen LogP contribution in [0.25, 0.3) is 0 Å². The number of oxime groups is 1. The summed E-state index contributed by atoms with van der Waals surface area (Å²) in [5.74, 6) is -0.503. The fraction of sp³-hybridized carbons (Fsp3) is 0.316. The fourth-order valence-corrected chi connectivity index (χ4v) is 2.62. The average Bonchev–Trinajstić information content (AvgIpc) is 2.90. The highest BCUT2D eigenvalue weighted by atomic mass is 16.6. The van der Waals surface area contributed by atoms with E-state index in [9.17, 15) is 9.59 Å². The van der Waals surface area contributed by atoms with Crippen molar-refractivity contribution in [1.29, 1.82) is 0 Å². The number of Topliss-reactive ketones (excluding diaryl/α,β-unsaturated/α-hetero) is 1. The summed E-state index contributed by atoms with van der Waals surface area (Å²) in [6, 6.07) is 9.58. The van der Waals surface area contributed by atoms with E-state index in [1.165, 1.54) is 0 Å². The molecule has 1 aromatic carbocycles. The van der Waals surface area contributed by atoms with Crippen molar-refractivity contribution in [3.05, 3.63) is 58.4 Å². The third kappa shape index (κ3) is 4.72. The molecular formula is C19H23N3O4. The first-order valence-electron chi connectivity index (χ1n) is 8.31. The van der Waals surface area contributed by atoms with E-state index in [4.69, 9.17) is 15.3 Å². The summed E-state index contributed by atoms with van der Waals surface area (Å²) in [6.45, 7) is 5.12. The quantitative estimate of drug-likeness (QED) is 0.248. The van der Waals surface area contributed by atoms with Crippen molar-refractivity contribution in [3.8, 4) is 0 Å². The fourth-order valence-electron chi connectivity index (χ4n) is 2.62. The predicted molar refractivity (Wildman–Crippen MR) is 98.3 cm³/mol. The van der Waals surface area contributed by atoms with E-state index in [0.29, 0.717) is 28.9 Å². The Morgan fingerprint density at radius 2 is 1.88 bits per heavy atom. The number of esters is 1. The minimum Gasteiger partial charge on any atom is -0.462 e. The van der Waals surface area contributed by atoms with E-state index in [-0.39, 0.29) is 24.8 Å². The second kappa shape index (κ2) is 8.84. The lowest BCUT2D eigenvalue weighted by molar-refractivity contribution is 0.0525. The number of nitrogens with zero attached hydrogens (tertiary/aromatic N) is 1. The molecule has 26 heavy (non-hydrogen) atoms. The number of H-pyrrole nitrogens is 1. The number of rotatable bonds is 8. The van der Waals surface area contributed by atoms with Gasteiger partial charge in [0.1, 0.15) is 5.84 Å². The number of carbonyl (C=O) groups is 2. The van der Waals surface area contributed by atoms with Crippen LogP contribution < -0.4 is 5.73 Å². The Morgan fingerprint density at radius 3 is 2.54 bits per heavy atom. The zero-order chi connectivity index (χ0) is 19.1. The maximum atomic E-state index is 12.3. The Labute approximate surface area is 152 Å². The Hall–Kier alpha value is -3.09. The summed E-state index contributed by atoms with van der Waals surface area (Å²) in [5, 5.41) is 3.78. The molecule has 2 aromatic rings. The number of aryl methyl sites for hydroxylation is 1. The van der Waals surface area contributed by atoms with E-state index in [1.807, 2.05) is 30.3 Å². The Balaban J connectivity index is 1.99. The molecule has 0 atom stereocenters. The molecule has 1 aromatic heterocycles. The summed E-state index contributed by atoms with van der Waals surface area (Å²) in [7, 11) is 0. The molecule has 1 heterocycles. The molecule has 0 fully saturated rings. The number of ketones is 1. The first-order chi connectivity index (χ1) is 12.4. The van der Waals surface area contributed by atoms with Gasteiger partial charge in [0.2, 0.25) is 5.78 Å². The zero-order valence-electron chi connectivity index (χ0n) is 15.2. The highest BCUT2D eigenvalue weighted by Crippen LogP contribution is 2.19. The van der Waals surface area contributed by atoms with Crippen LogP contribution in [0.15, 0.2) is 35.5 Å². The van der Waals surface area contributed by atoms with Crippen molar-refractivity contribution in [2.75, 3.05) is 13.2 Å². The smallest absolute Gasteiger partial charge is 0.340 e. The van der Waals surface area contributed by atoms with Crippen LogP contribution in [0.2, 0.25) is 0 Å². The maximum absolute atomic E-state index is 12.3. The molecule has 0 bridgehead atoms. The highest BCUT2D eigenvalue weighted by Gasteiger charge is 2.23. The van der Waals surface area contributed by atoms with Gasteiger partial charge in [0, 0.05) is 12.1 Å². The van der Waals surface area contributed by atoms with Crippen molar-refractivity contribution < 1.29 is 19.2 Å². The summed E-state index contributed by atoms with van der Waals surface area (Å²) in [6.07, 6.45) is 0.433. The van der Waals surface area contributed by atoms with Crippen LogP contribution in [0.1, 0.15) is 44.6 Å². The number of carbonyl (C=O) groups excluding carboxylic acids is 2. The van der Waals surface area contributed by atoms with Crippen LogP contribution in [0.4, 0.5) is 0 Å². The lowest BCUT2D eigenvalue weighted by Crippen LogP contribution is -2.17.